The van der Waals surface area contributed by atoms with E-state index in [1.54, 1.807) is 6.07 Å². The molecule has 1 heterocycles. The summed E-state index contributed by atoms with van der Waals surface area (Å²) in [5.74, 6) is 0. The first-order valence-electron chi connectivity index (χ1n) is 2.20. The Morgan fingerprint density at radius 1 is 1.75 bits per heavy atom. The lowest BCUT2D eigenvalue weighted by atomic mass is 10.4. The molecule has 1 aromatic heterocycles. The van der Waals surface area contributed by atoms with Crippen molar-refractivity contribution in [2.45, 2.75) is 0 Å². The highest BCUT2D eigenvalue weighted by atomic mass is 32.1. The molecule has 8 heavy (non-hydrogen) atoms. The molecule has 0 spiro atoms. The molecule has 42 valence electrons. The molecule has 0 aliphatic heterocycles. The van der Waals surface area contributed by atoms with Crippen molar-refractivity contribution in [1.29, 1.82) is 0 Å². The van der Waals surface area contributed by atoms with Gasteiger partial charge in [0.1, 0.15) is 0 Å². The van der Waals surface area contributed by atoms with Crippen molar-refractivity contribution in [2.24, 2.45) is 0 Å². The largest absolute Gasteiger partial charge is 0.531 e. The van der Waals surface area contributed by atoms with Gasteiger partial charge in [-0.05, 0) is 17.5 Å². The fourth-order valence-corrected chi connectivity index (χ4v) is 0.978. The average Bonchev–Trinajstić information content (AvgIpc) is 2.19. The van der Waals surface area contributed by atoms with Crippen LogP contribution in [0.5, 0.6) is 5.06 Å². The minimum Gasteiger partial charge on any atom is -0.531 e. The molecule has 0 aliphatic rings. The van der Waals surface area contributed by atoms with E-state index in [0.717, 1.165) is 5.06 Å². The molecule has 0 amide bonds. The van der Waals surface area contributed by atoms with Crippen LogP contribution in [-0.4, -0.2) is 12.7 Å². The van der Waals surface area contributed by atoms with Crippen molar-refractivity contribution in [3.8, 4) is 5.06 Å². The summed E-state index contributed by atoms with van der Waals surface area (Å²) in [6.45, 7) is 0. The molecule has 0 saturated carbocycles. The molecule has 0 bridgehead atoms. The summed E-state index contributed by atoms with van der Waals surface area (Å²) in [4.78, 5) is 0. The summed E-state index contributed by atoms with van der Waals surface area (Å²) in [7, 11) is -0.236. The van der Waals surface area contributed by atoms with Gasteiger partial charge in [-0.15, -0.1) is 11.3 Å². The van der Waals surface area contributed by atoms with Crippen LogP contribution in [0.3, 0.4) is 0 Å². The van der Waals surface area contributed by atoms with Crippen LogP contribution >= 0.6 is 11.3 Å². The van der Waals surface area contributed by atoms with Gasteiger partial charge in [-0.3, -0.25) is 0 Å². The fourth-order valence-electron chi connectivity index (χ4n) is 0.409. The molecular weight excluding hydrogens is 123 g/mol. The molecule has 0 fully saturated rings. The van der Waals surface area contributed by atoms with E-state index in [1.165, 1.54) is 11.3 Å². The third-order valence-corrected chi connectivity index (χ3v) is 1.48. The second-order valence-electron chi connectivity index (χ2n) is 1.21. The number of rotatable bonds is 2. The molecule has 1 aromatic rings. The van der Waals surface area contributed by atoms with Crippen molar-refractivity contribution in [3.05, 3.63) is 17.5 Å². The Morgan fingerprint density at radius 3 is 3.12 bits per heavy atom. The van der Waals surface area contributed by atoms with Gasteiger partial charge in [0.2, 0.25) is 0 Å². The quantitative estimate of drug-likeness (QED) is 0.583. The fraction of sp³-hybridized carbons (Fsp3) is 0. The Labute approximate surface area is 52.0 Å². The second kappa shape index (κ2) is 2.74. The van der Waals surface area contributed by atoms with Gasteiger partial charge >= 0.3 is 7.69 Å². The van der Waals surface area contributed by atoms with Crippen LogP contribution in [0.4, 0.5) is 0 Å². The summed E-state index contributed by atoms with van der Waals surface area (Å²) >= 11 is 1.47. The van der Waals surface area contributed by atoms with E-state index in [1.807, 2.05) is 11.4 Å². The average molecular weight is 128 g/mol. The number of hydrogen-bond acceptors (Lipinski definition) is 3. The number of hydrogen-bond donors (Lipinski definition) is 1. The Hall–Kier alpha value is -0.475. The Morgan fingerprint density at radius 2 is 2.62 bits per heavy atom. The minimum absolute atomic E-state index is 0.236. The SMILES string of the molecule is OBOc1cccs1. The van der Waals surface area contributed by atoms with Crippen LogP contribution in [-0.2, 0) is 0 Å². The standard InChI is InChI=1S/C4H5BO2S/c6-5-7-4-2-1-3-8-4/h1-3,5-6H. The molecule has 1 rings (SSSR count). The summed E-state index contributed by atoms with van der Waals surface area (Å²) < 4.78 is 4.72. The Kier molecular flexibility index (Phi) is 1.94. The summed E-state index contributed by atoms with van der Waals surface area (Å²) in [6, 6.07) is 3.68. The van der Waals surface area contributed by atoms with Crippen LogP contribution < -0.4 is 4.65 Å². The lowest BCUT2D eigenvalue weighted by molar-refractivity contribution is 0.461. The van der Waals surface area contributed by atoms with Crippen molar-refractivity contribution in [3.63, 3.8) is 0 Å². The summed E-state index contributed by atoms with van der Waals surface area (Å²) in [5.41, 5.74) is 0. The van der Waals surface area contributed by atoms with E-state index in [4.69, 9.17) is 9.68 Å². The van der Waals surface area contributed by atoms with E-state index in [9.17, 15) is 0 Å². The zero-order valence-corrected chi connectivity index (χ0v) is 5.02. The molecule has 4 heteroatoms. The van der Waals surface area contributed by atoms with E-state index < -0.39 is 0 Å². The first kappa shape index (κ1) is 5.66. The zero-order chi connectivity index (χ0) is 5.82. The van der Waals surface area contributed by atoms with E-state index in [2.05, 4.69) is 0 Å². The van der Waals surface area contributed by atoms with Crippen LogP contribution in [0.15, 0.2) is 17.5 Å². The second-order valence-corrected chi connectivity index (χ2v) is 2.12. The highest BCUT2D eigenvalue weighted by molar-refractivity contribution is 7.11. The number of thiophene rings is 1. The zero-order valence-electron chi connectivity index (χ0n) is 4.20. The highest BCUT2D eigenvalue weighted by Gasteiger charge is 1.89. The van der Waals surface area contributed by atoms with Gasteiger partial charge in [0.15, 0.2) is 5.06 Å². The smallest absolute Gasteiger partial charge is 0.504 e. The maximum absolute atomic E-state index is 8.22. The maximum Gasteiger partial charge on any atom is 0.504 e. The third-order valence-electron chi connectivity index (χ3n) is 0.702. The normalized spacial score (nSPS) is 8.62. The lowest BCUT2D eigenvalue weighted by Crippen LogP contribution is -1.96. The third kappa shape index (κ3) is 1.25. The molecule has 0 aliphatic carbocycles. The van der Waals surface area contributed by atoms with E-state index >= 15 is 0 Å². The van der Waals surface area contributed by atoms with Gasteiger partial charge in [0.25, 0.3) is 0 Å². The molecular formula is C4H5BO2S. The molecule has 2 nitrogen and oxygen atoms in total. The lowest BCUT2D eigenvalue weighted by Gasteiger charge is -1.91. The van der Waals surface area contributed by atoms with Gasteiger partial charge in [0.05, 0.1) is 0 Å². The first-order valence-corrected chi connectivity index (χ1v) is 3.08. The van der Waals surface area contributed by atoms with Gasteiger partial charge in [-0.25, -0.2) is 0 Å². The van der Waals surface area contributed by atoms with Crippen molar-refractivity contribution < 1.29 is 9.68 Å². The van der Waals surface area contributed by atoms with Crippen molar-refractivity contribution >= 4 is 19.0 Å². The highest BCUT2D eigenvalue weighted by Crippen LogP contribution is 2.16. The molecule has 0 aromatic carbocycles. The van der Waals surface area contributed by atoms with Gasteiger partial charge in [0, 0.05) is 0 Å². The molecule has 0 atom stereocenters. The molecule has 0 radical (unpaired) electrons. The minimum atomic E-state index is -0.236. The summed E-state index contributed by atoms with van der Waals surface area (Å²) in [5, 5.41) is 10.9. The van der Waals surface area contributed by atoms with Gasteiger partial charge in [-0.1, -0.05) is 0 Å². The predicted molar refractivity (Wildman–Crippen MR) is 34.3 cm³/mol. The van der Waals surface area contributed by atoms with Crippen molar-refractivity contribution in [1.82, 2.24) is 0 Å². The summed E-state index contributed by atoms with van der Waals surface area (Å²) in [6.07, 6.45) is 0. The maximum atomic E-state index is 8.22. The molecule has 1 N–H and O–H groups in total. The predicted octanol–water partition coefficient (Wildman–Crippen LogP) is 0.386. The van der Waals surface area contributed by atoms with Crippen LogP contribution in [0.2, 0.25) is 0 Å². The van der Waals surface area contributed by atoms with Crippen LogP contribution in [0.25, 0.3) is 0 Å². The molecule has 0 saturated heterocycles. The molecule has 0 unspecified atom stereocenters. The Bertz CT molecular complexity index is 140. The van der Waals surface area contributed by atoms with Gasteiger partial charge in [-0.2, -0.15) is 0 Å². The van der Waals surface area contributed by atoms with E-state index in [-0.39, 0.29) is 7.69 Å². The first-order chi connectivity index (χ1) is 3.93. The van der Waals surface area contributed by atoms with Crippen molar-refractivity contribution in [2.75, 3.05) is 0 Å². The monoisotopic (exact) mass is 128 g/mol. The topological polar surface area (TPSA) is 29.5 Å². The Balaban J connectivity index is 2.50. The van der Waals surface area contributed by atoms with Gasteiger partial charge < -0.3 is 9.68 Å². The van der Waals surface area contributed by atoms with Crippen LogP contribution in [0, 0.1) is 0 Å². The van der Waals surface area contributed by atoms with Crippen LogP contribution in [0.1, 0.15) is 0 Å². The van der Waals surface area contributed by atoms with E-state index in [0.29, 0.717) is 0 Å².